The summed E-state index contributed by atoms with van der Waals surface area (Å²) in [7, 11) is 0. The fraction of sp³-hybridized carbons (Fsp3) is 0.812. The van der Waals surface area contributed by atoms with Crippen molar-refractivity contribution in [2.24, 2.45) is 11.8 Å². The van der Waals surface area contributed by atoms with Crippen LogP contribution >= 0.6 is 0 Å². The number of rotatable bonds is 8. The van der Waals surface area contributed by atoms with Crippen LogP contribution in [0.25, 0.3) is 0 Å². The van der Waals surface area contributed by atoms with Gasteiger partial charge in [-0.15, -0.1) is 0 Å². The van der Waals surface area contributed by atoms with Gasteiger partial charge in [-0.1, -0.05) is 44.9 Å². The summed E-state index contributed by atoms with van der Waals surface area (Å²) in [5.41, 5.74) is 0. The van der Waals surface area contributed by atoms with Gasteiger partial charge in [0.25, 0.3) is 0 Å². The third kappa shape index (κ3) is 6.65. The van der Waals surface area contributed by atoms with Crippen LogP contribution in [0, 0.1) is 40.9 Å². The number of hydrogen-bond donors (Lipinski definition) is 0. The van der Waals surface area contributed by atoms with Gasteiger partial charge in [-0.25, -0.2) is 0 Å². The molecule has 0 spiro atoms. The summed E-state index contributed by atoms with van der Waals surface area (Å²) in [5, 5.41) is 17.0. The normalized spacial score (nSPS) is 23.2. The maximum atomic E-state index is 8.51. The van der Waals surface area contributed by atoms with Gasteiger partial charge in [-0.3, -0.25) is 0 Å². The van der Waals surface area contributed by atoms with Gasteiger partial charge < -0.3 is 0 Å². The van der Waals surface area contributed by atoms with Gasteiger partial charge in [0.15, 0.2) is 0 Å². The number of nitrogens with zero attached hydrogens (tertiary/aromatic N) is 2. The molecule has 2 heteroatoms. The highest BCUT2D eigenvalue weighted by Crippen LogP contribution is 2.34. The van der Waals surface area contributed by atoms with Gasteiger partial charge in [-0.05, 0) is 31.1 Å². The van der Waals surface area contributed by atoms with Crippen molar-refractivity contribution in [3.63, 3.8) is 0 Å². The van der Waals surface area contributed by atoms with E-state index in [0.717, 1.165) is 24.7 Å². The van der Waals surface area contributed by atoms with E-state index in [1.54, 1.807) is 0 Å². The van der Waals surface area contributed by atoms with Crippen molar-refractivity contribution in [3.05, 3.63) is 6.42 Å². The minimum atomic E-state index is 0.713. The maximum Gasteiger partial charge on any atom is 0.0621 e. The molecule has 0 amide bonds. The second kappa shape index (κ2) is 9.95. The Morgan fingerprint density at radius 2 is 1.33 bits per heavy atom. The predicted octanol–water partition coefficient (Wildman–Crippen LogP) is 4.77. The highest BCUT2D eigenvalue weighted by atomic mass is 14.3. The Labute approximate surface area is 112 Å². The summed E-state index contributed by atoms with van der Waals surface area (Å²) in [5.74, 6) is 1.58. The van der Waals surface area contributed by atoms with Crippen molar-refractivity contribution in [1.29, 1.82) is 10.5 Å². The second-order valence-electron chi connectivity index (χ2n) is 5.45. The van der Waals surface area contributed by atoms with Gasteiger partial charge in [0.05, 0.1) is 12.1 Å². The Morgan fingerprint density at radius 1 is 0.833 bits per heavy atom. The van der Waals surface area contributed by atoms with Crippen molar-refractivity contribution >= 4 is 0 Å². The molecule has 1 fully saturated rings. The van der Waals surface area contributed by atoms with Crippen LogP contribution in [0.4, 0.5) is 0 Å². The average molecular weight is 245 g/mol. The Morgan fingerprint density at radius 3 is 1.78 bits per heavy atom. The summed E-state index contributed by atoms with van der Waals surface area (Å²) >= 11 is 0. The van der Waals surface area contributed by atoms with Crippen molar-refractivity contribution in [3.8, 4) is 12.1 Å². The van der Waals surface area contributed by atoms with Crippen LogP contribution < -0.4 is 0 Å². The third-order valence-corrected chi connectivity index (χ3v) is 3.92. The molecule has 2 unspecified atom stereocenters. The Bertz CT molecular complexity index is 256. The minimum Gasteiger partial charge on any atom is -0.198 e. The van der Waals surface area contributed by atoms with E-state index in [1.807, 2.05) is 0 Å². The fourth-order valence-electron chi connectivity index (χ4n) is 2.92. The topological polar surface area (TPSA) is 47.6 Å². The molecular weight excluding hydrogens is 220 g/mol. The zero-order chi connectivity index (χ0) is 13.1. The van der Waals surface area contributed by atoms with Crippen molar-refractivity contribution < 1.29 is 0 Å². The molecule has 2 nitrogen and oxygen atoms in total. The van der Waals surface area contributed by atoms with E-state index in [0.29, 0.717) is 12.8 Å². The molecule has 0 aliphatic heterocycles. The third-order valence-electron chi connectivity index (χ3n) is 3.92. The predicted molar refractivity (Wildman–Crippen MR) is 73.3 cm³/mol. The molecule has 0 saturated heterocycles. The first-order valence-corrected chi connectivity index (χ1v) is 7.45. The number of unbranched alkanes of at least 4 members (excludes halogenated alkanes) is 4. The van der Waals surface area contributed by atoms with Gasteiger partial charge in [0, 0.05) is 12.8 Å². The zero-order valence-corrected chi connectivity index (χ0v) is 11.4. The standard InChI is InChI=1S/C16H25N2/c17-12-5-1-3-8-15-10-7-11-16(14-15)9-4-2-6-13-18/h14-16H,1-11H2. The molecule has 99 valence electrons. The molecule has 2 atom stereocenters. The molecule has 1 aliphatic carbocycles. The summed E-state index contributed by atoms with van der Waals surface area (Å²) < 4.78 is 0. The lowest BCUT2D eigenvalue weighted by Crippen LogP contribution is -2.16. The molecule has 1 rings (SSSR count). The summed E-state index contributed by atoms with van der Waals surface area (Å²) in [6, 6.07) is 4.44. The largest absolute Gasteiger partial charge is 0.198 e. The van der Waals surface area contributed by atoms with Crippen molar-refractivity contribution in [1.82, 2.24) is 0 Å². The molecule has 0 aromatic heterocycles. The molecule has 1 radical (unpaired) electrons. The average Bonchev–Trinajstić information content (AvgIpc) is 2.40. The van der Waals surface area contributed by atoms with Crippen LogP contribution in [0.15, 0.2) is 0 Å². The van der Waals surface area contributed by atoms with Crippen LogP contribution in [-0.2, 0) is 0 Å². The van der Waals surface area contributed by atoms with Crippen LogP contribution in [0.5, 0.6) is 0 Å². The first-order chi connectivity index (χ1) is 8.86. The van der Waals surface area contributed by atoms with Crippen LogP contribution in [-0.4, -0.2) is 0 Å². The van der Waals surface area contributed by atoms with Gasteiger partial charge in [0.1, 0.15) is 0 Å². The Balaban J connectivity index is 2.08. The first kappa shape index (κ1) is 15.0. The lowest BCUT2D eigenvalue weighted by atomic mass is 9.77. The van der Waals surface area contributed by atoms with E-state index in [2.05, 4.69) is 18.6 Å². The molecule has 18 heavy (non-hydrogen) atoms. The van der Waals surface area contributed by atoms with Crippen molar-refractivity contribution in [2.75, 3.05) is 0 Å². The van der Waals surface area contributed by atoms with Gasteiger partial charge >= 0.3 is 0 Å². The quantitative estimate of drug-likeness (QED) is 0.578. The van der Waals surface area contributed by atoms with E-state index in [-0.39, 0.29) is 0 Å². The molecule has 0 aromatic rings. The van der Waals surface area contributed by atoms with Crippen LogP contribution in [0.1, 0.15) is 70.6 Å². The minimum absolute atomic E-state index is 0.713. The molecule has 1 saturated carbocycles. The number of hydrogen-bond acceptors (Lipinski definition) is 2. The lowest BCUT2D eigenvalue weighted by Gasteiger charge is -2.28. The Hall–Kier alpha value is -1.02. The maximum absolute atomic E-state index is 8.51. The summed E-state index contributed by atoms with van der Waals surface area (Å²) in [4.78, 5) is 0. The molecular formula is C16H25N2. The SMILES string of the molecule is N#CCCCCC1[CH]C(CCCCC#N)CCC1. The van der Waals surface area contributed by atoms with Gasteiger partial charge in [0.2, 0.25) is 0 Å². The summed E-state index contributed by atoms with van der Waals surface area (Å²) in [6.45, 7) is 0. The second-order valence-corrected chi connectivity index (χ2v) is 5.45. The molecule has 0 aromatic carbocycles. The monoisotopic (exact) mass is 245 g/mol. The molecule has 0 bridgehead atoms. The van der Waals surface area contributed by atoms with E-state index >= 15 is 0 Å². The number of nitriles is 2. The van der Waals surface area contributed by atoms with E-state index in [4.69, 9.17) is 10.5 Å². The van der Waals surface area contributed by atoms with Gasteiger partial charge in [-0.2, -0.15) is 10.5 Å². The fourth-order valence-corrected chi connectivity index (χ4v) is 2.92. The first-order valence-electron chi connectivity index (χ1n) is 7.45. The van der Waals surface area contributed by atoms with Crippen LogP contribution in [0.3, 0.4) is 0 Å². The van der Waals surface area contributed by atoms with E-state index < -0.39 is 0 Å². The van der Waals surface area contributed by atoms with E-state index in [9.17, 15) is 0 Å². The Kier molecular flexibility index (Phi) is 8.32. The summed E-state index contributed by atoms with van der Waals surface area (Å²) in [6.07, 6.45) is 15.1. The molecule has 0 heterocycles. The molecule has 0 N–H and O–H groups in total. The van der Waals surface area contributed by atoms with Crippen molar-refractivity contribution in [2.45, 2.75) is 70.6 Å². The molecule has 1 aliphatic rings. The lowest BCUT2D eigenvalue weighted by molar-refractivity contribution is 0.319. The highest BCUT2D eigenvalue weighted by molar-refractivity contribution is 4.88. The highest BCUT2D eigenvalue weighted by Gasteiger charge is 2.21. The van der Waals surface area contributed by atoms with Crippen LogP contribution in [0.2, 0.25) is 0 Å². The zero-order valence-electron chi connectivity index (χ0n) is 11.4. The smallest absolute Gasteiger partial charge is 0.0621 e. The van der Waals surface area contributed by atoms with E-state index in [1.165, 1.54) is 44.9 Å².